The zero-order chi connectivity index (χ0) is 12.7. The molecule has 2 aromatic rings. The molecule has 0 aliphatic heterocycles. The van der Waals surface area contributed by atoms with Gasteiger partial charge in [0.25, 0.3) is 0 Å². The van der Waals surface area contributed by atoms with Crippen LogP contribution in [0.1, 0.15) is 25.0 Å². The minimum atomic E-state index is -0.237. The fourth-order valence-electron chi connectivity index (χ4n) is 2.58. The van der Waals surface area contributed by atoms with Gasteiger partial charge in [-0.3, -0.25) is 0 Å². The first kappa shape index (κ1) is 11.5. The normalized spacial score (nSPS) is 15.7. The van der Waals surface area contributed by atoms with Crippen molar-refractivity contribution in [2.75, 3.05) is 11.9 Å². The summed E-state index contributed by atoms with van der Waals surface area (Å²) in [6.45, 7) is 1.92. The minimum absolute atomic E-state index is 0.237. The predicted molar refractivity (Wildman–Crippen MR) is 72.5 cm³/mol. The Bertz CT molecular complexity index is 590. The Labute approximate surface area is 106 Å². The lowest BCUT2D eigenvalue weighted by Gasteiger charge is -2.37. The van der Waals surface area contributed by atoms with Crippen LogP contribution in [-0.4, -0.2) is 18.1 Å². The second kappa shape index (κ2) is 4.23. The molecule has 0 spiro atoms. The number of nitrogens with zero attached hydrogens (tertiary/aromatic N) is 2. The Morgan fingerprint density at radius 2 is 2.11 bits per heavy atom. The van der Waals surface area contributed by atoms with Crippen molar-refractivity contribution >= 4 is 16.6 Å². The molecule has 3 rings (SSSR count). The first-order valence-electron chi connectivity index (χ1n) is 6.45. The second-order valence-electron chi connectivity index (χ2n) is 5.11. The van der Waals surface area contributed by atoms with Gasteiger partial charge in [0.05, 0.1) is 0 Å². The largest absolute Gasteiger partial charge is 0.371 e. The number of rotatable bonds is 2. The molecule has 0 atom stereocenters. The van der Waals surface area contributed by atoms with E-state index in [1.807, 2.05) is 13.0 Å². The highest BCUT2D eigenvalue weighted by atomic mass is 19.1. The summed E-state index contributed by atoms with van der Waals surface area (Å²) in [6.07, 6.45) is 3.76. The van der Waals surface area contributed by atoms with E-state index in [9.17, 15) is 4.39 Å². The number of halogens is 1. The van der Waals surface area contributed by atoms with Crippen LogP contribution in [0.3, 0.4) is 0 Å². The molecule has 1 saturated carbocycles. The van der Waals surface area contributed by atoms with E-state index in [0.717, 1.165) is 16.8 Å². The number of aryl methyl sites for hydroxylation is 1. The van der Waals surface area contributed by atoms with Crippen molar-refractivity contribution in [3.63, 3.8) is 0 Å². The molecule has 0 N–H and O–H groups in total. The van der Waals surface area contributed by atoms with E-state index in [0.29, 0.717) is 11.6 Å². The first-order chi connectivity index (χ1) is 8.66. The highest BCUT2D eigenvalue weighted by molar-refractivity contribution is 5.92. The maximum absolute atomic E-state index is 13.8. The van der Waals surface area contributed by atoms with Crippen molar-refractivity contribution in [1.82, 2.24) is 4.98 Å². The summed E-state index contributed by atoms with van der Waals surface area (Å²) in [7, 11) is 2.10. The molecule has 0 unspecified atom stereocenters. The van der Waals surface area contributed by atoms with Gasteiger partial charge in [0, 0.05) is 29.9 Å². The fraction of sp³-hybridized carbons (Fsp3) is 0.400. The van der Waals surface area contributed by atoms with E-state index in [1.165, 1.54) is 25.3 Å². The summed E-state index contributed by atoms with van der Waals surface area (Å²) in [4.78, 5) is 6.60. The lowest BCUT2D eigenvalue weighted by atomic mass is 9.91. The van der Waals surface area contributed by atoms with Gasteiger partial charge in [-0.05, 0) is 38.3 Å². The number of benzene rings is 1. The molecular weight excluding hydrogens is 227 g/mol. The highest BCUT2D eigenvalue weighted by Crippen LogP contribution is 2.33. The number of hydrogen-bond donors (Lipinski definition) is 0. The molecule has 1 fully saturated rings. The van der Waals surface area contributed by atoms with Crippen LogP contribution in [0.15, 0.2) is 24.3 Å². The summed E-state index contributed by atoms with van der Waals surface area (Å²) in [5.74, 6) is -0.237. The number of aromatic nitrogens is 1. The Morgan fingerprint density at radius 1 is 1.33 bits per heavy atom. The molecule has 2 nitrogen and oxygen atoms in total. The standard InChI is InChI=1S/C15H17FN2/c1-10-9-14(18(2)11-5-3-6-11)12-7-4-8-13(16)15(12)17-10/h4,7-9,11H,3,5-6H2,1-2H3. The summed E-state index contributed by atoms with van der Waals surface area (Å²) in [6, 6.07) is 7.84. The van der Waals surface area contributed by atoms with E-state index in [1.54, 1.807) is 6.07 Å². The lowest BCUT2D eigenvalue weighted by Crippen LogP contribution is -2.37. The molecule has 94 valence electrons. The number of fused-ring (bicyclic) bond motifs is 1. The molecule has 0 amide bonds. The topological polar surface area (TPSA) is 16.1 Å². The Balaban J connectivity index is 2.18. The molecule has 1 aliphatic carbocycles. The van der Waals surface area contributed by atoms with Crippen molar-refractivity contribution in [2.24, 2.45) is 0 Å². The summed E-state index contributed by atoms with van der Waals surface area (Å²) in [5.41, 5.74) is 2.45. The monoisotopic (exact) mass is 244 g/mol. The predicted octanol–water partition coefficient (Wildman–Crippen LogP) is 3.67. The lowest BCUT2D eigenvalue weighted by molar-refractivity contribution is 0.401. The fourth-order valence-corrected chi connectivity index (χ4v) is 2.58. The van der Waals surface area contributed by atoms with Gasteiger partial charge in [-0.2, -0.15) is 0 Å². The van der Waals surface area contributed by atoms with Crippen LogP contribution < -0.4 is 4.90 Å². The minimum Gasteiger partial charge on any atom is -0.371 e. The molecule has 3 heteroatoms. The van der Waals surface area contributed by atoms with Crippen molar-refractivity contribution < 1.29 is 4.39 Å². The maximum atomic E-state index is 13.8. The van der Waals surface area contributed by atoms with Crippen LogP contribution in [0.25, 0.3) is 10.9 Å². The third-order valence-electron chi connectivity index (χ3n) is 3.90. The maximum Gasteiger partial charge on any atom is 0.149 e. The molecular formula is C15H17FN2. The van der Waals surface area contributed by atoms with Gasteiger partial charge in [-0.1, -0.05) is 12.1 Å². The van der Waals surface area contributed by atoms with Gasteiger partial charge in [0.15, 0.2) is 0 Å². The third-order valence-corrected chi connectivity index (χ3v) is 3.90. The summed E-state index contributed by atoms with van der Waals surface area (Å²) < 4.78 is 13.8. The van der Waals surface area contributed by atoms with Crippen molar-refractivity contribution in [1.29, 1.82) is 0 Å². The van der Waals surface area contributed by atoms with E-state index < -0.39 is 0 Å². The summed E-state index contributed by atoms with van der Waals surface area (Å²) >= 11 is 0. The van der Waals surface area contributed by atoms with Crippen LogP contribution in [0.2, 0.25) is 0 Å². The van der Waals surface area contributed by atoms with Crippen LogP contribution in [-0.2, 0) is 0 Å². The van der Waals surface area contributed by atoms with Gasteiger partial charge < -0.3 is 4.90 Å². The molecule has 1 aromatic carbocycles. The molecule has 1 heterocycles. The SMILES string of the molecule is Cc1cc(N(C)C2CCC2)c2cccc(F)c2n1. The van der Waals surface area contributed by atoms with Crippen molar-refractivity contribution in [3.8, 4) is 0 Å². The Hall–Kier alpha value is -1.64. The number of anilines is 1. The van der Waals surface area contributed by atoms with Crippen LogP contribution in [0.4, 0.5) is 10.1 Å². The van der Waals surface area contributed by atoms with E-state index in [2.05, 4.69) is 23.0 Å². The van der Waals surface area contributed by atoms with Crippen LogP contribution in [0, 0.1) is 12.7 Å². The number of hydrogen-bond acceptors (Lipinski definition) is 2. The first-order valence-corrected chi connectivity index (χ1v) is 6.45. The smallest absolute Gasteiger partial charge is 0.149 e. The highest BCUT2D eigenvalue weighted by Gasteiger charge is 2.24. The zero-order valence-electron chi connectivity index (χ0n) is 10.8. The third kappa shape index (κ3) is 1.74. The van der Waals surface area contributed by atoms with Gasteiger partial charge in [-0.25, -0.2) is 9.37 Å². The quantitative estimate of drug-likeness (QED) is 0.801. The van der Waals surface area contributed by atoms with E-state index in [-0.39, 0.29) is 5.82 Å². The van der Waals surface area contributed by atoms with Gasteiger partial charge in [0.2, 0.25) is 0 Å². The molecule has 1 aliphatic rings. The van der Waals surface area contributed by atoms with E-state index >= 15 is 0 Å². The van der Waals surface area contributed by atoms with Crippen molar-refractivity contribution in [2.45, 2.75) is 32.2 Å². The van der Waals surface area contributed by atoms with Crippen LogP contribution in [0.5, 0.6) is 0 Å². The van der Waals surface area contributed by atoms with Gasteiger partial charge in [-0.15, -0.1) is 0 Å². The van der Waals surface area contributed by atoms with Crippen molar-refractivity contribution in [3.05, 3.63) is 35.8 Å². The average Bonchev–Trinajstić information content (AvgIpc) is 2.27. The second-order valence-corrected chi connectivity index (χ2v) is 5.11. The molecule has 18 heavy (non-hydrogen) atoms. The zero-order valence-corrected chi connectivity index (χ0v) is 10.8. The molecule has 0 radical (unpaired) electrons. The number of pyridine rings is 1. The average molecular weight is 244 g/mol. The molecule has 0 saturated heterocycles. The number of para-hydroxylation sites is 1. The Morgan fingerprint density at radius 3 is 2.78 bits per heavy atom. The van der Waals surface area contributed by atoms with Gasteiger partial charge >= 0.3 is 0 Å². The molecule has 1 aromatic heterocycles. The van der Waals surface area contributed by atoms with Crippen LogP contribution >= 0.6 is 0 Å². The van der Waals surface area contributed by atoms with Gasteiger partial charge in [0.1, 0.15) is 11.3 Å². The summed E-state index contributed by atoms with van der Waals surface area (Å²) in [5, 5.41) is 0.912. The Kier molecular flexibility index (Phi) is 2.69. The molecule has 0 bridgehead atoms. The van der Waals surface area contributed by atoms with E-state index in [4.69, 9.17) is 0 Å².